The minimum atomic E-state index is -1.08. The summed E-state index contributed by atoms with van der Waals surface area (Å²) in [6.45, 7) is 0.0439. The molecule has 0 radical (unpaired) electrons. The molecule has 1 aliphatic heterocycles. The van der Waals surface area contributed by atoms with E-state index in [1.807, 2.05) is 84.9 Å². The summed E-state index contributed by atoms with van der Waals surface area (Å²) < 4.78 is 26.6. The van der Waals surface area contributed by atoms with Gasteiger partial charge in [-0.15, -0.1) is 0 Å². The number of halogens is 1. The molecule has 50 heavy (non-hydrogen) atoms. The largest absolute Gasteiger partial charge is 0.497 e. The van der Waals surface area contributed by atoms with E-state index in [1.165, 1.54) is 6.33 Å². The van der Waals surface area contributed by atoms with Crippen LogP contribution in [0.15, 0.2) is 120 Å². The SMILES string of the molecule is COc1ccc(C(OCC2OC(n3c(Br)nc4c(NC(=O)c5ccccc5)ncnc43)CC2O)(c2ccccc2)c2ccc(OC)cc2)cc1. The third-order valence-electron chi connectivity index (χ3n) is 8.83. The van der Waals surface area contributed by atoms with E-state index in [4.69, 9.17) is 18.9 Å². The second kappa shape index (κ2) is 14.4. The highest BCUT2D eigenvalue weighted by atomic mass is 79.9. The van der Waals surface area contributed by atoms with Gasteiger partial charge in [0.1, 0.15) is 35.8 Å². The molecule has 0 bridgehead atoms. The van der Waals surface area contributed by atoms with Crippen LogP contribution in [0, 0.1) is 0 Å². The minimum Gasteiger partial charge on any atom is -0.497 e. The summed E-state index contributed by atoms with van der Waals surface area (Å²) in [5, 5.41) is 14.2. The number of carbonyl (C=O) groups is 1. The van der Waals surface area contributed by atoms with E-state index in [0.29, 0.717) is 33.0 Å². The quantitative estimate of drug-likeness (QED) is 0.113. The van der Waals surface area contributed by atoms with Gasteiger partial charge in [-0.3, -0.25) is 9.36 Å². The van der Waals surface area contributed by atoms with Crippen molar-refractivity contribution >= 4 is 38.8 Å². The maximum Gasteiger partial charge on any atom is 0.256 e. The van der Waals surface area contributed by atoms with Gasteiger partial charge in [0.05, 0.1) is 26.9 Å². The number of fused-ring (bicyclic) bond motifs is 1. The monoisotopic (exact) mass is 735 g/mol. The van der Waals surface area contributed by atoms with Crippen LogP contribution in [0.4, 0.5) is 5.82 Å². The lowest BCUT2D eigenvalue weighted by atomic mass is 9.80. The first-order chi connectivity index (χ1) is 24.4. The van der Waals surface area contributed by atoms with Crippen molar-refractivity contribution in [2.45, 2.75) is 30.5 Å². The summed E-state index contributed by atoms with van der Waals surface area (Å²) >= 11 is 3.55. The number of benzene rings is 4. The summed E-state index contributed by atoms with van der Waals surface area (Å²) in [4.78, 5) is 26.3. The number of aromatic nitrogens is 4. The zero-order chi connectivity index (χ0) is 34.7. The topological polar surface area (TPSA) is 130 Å². The minimum absolute atomic E-state index is 0.0439. The summed E-state index contributed by atoms with van der Waals surface area (Å²) in [5.74, 6) is 1.37. The number of anilines is 1. The second-order valence-corrected chi connectivity index (χ2v) is 12.4. The Morgan fingerprint density at radius 3 is 2.06 bits per heavy atom. The zero-order valence-corrected chi connectivity index (χ0v) is 28.9. The highest BCUT2D eigenvalue weighted by Crippen LogP contribution is 2.43. The first kappa shape index (κ1) is 33.4. The molecule has 1 aliphatic rings. The molecule has 3 unspecified atom stereocenters. The van der Waals surface area contributed by atoms with Gasteiger partial charge in [-0.05, 0) is 69.0 Å². The van der Waals surface area contributed by atoms with Crippen LogP contribution in [0.5, 0.6) is 11.5 Å². The van der Waals surface area contributed by atoms with Crippen LogP contribution >= 0.6 is 15.9 Å². The molecule has 1 amide bonds. The number of rotatable bonds is 11. The number of aliphatic hydroxyl groups excluding tert-OH is 1. The van der Waals surface area contributed by atoms with Crippen molar-refractivity contribution in [3.05, 3.63) is 143 Å². The Bertz CT molecular complexity index is 2030. The highest BCUT2D eigenvalue weighted by Gasteiger charge is 2.42. The van der Waals surface area contributed by atoms with Crippen molar-refractivity contribution in [1.29, 1.82) is 0 Å². The molecule has 1 saturated heterocycles. The third kappa shape index (κ3) is 6.34. The summed E-state index contributed by atoms with van der Waals surface area (Å²) in [6.07, 6.45) is -0.611. The predicted octanol–water partition coefficient (Wildman–Crippen LogP) is 6.52. The van der Waals surface area contributed by atoms with E-state index >= 15 is 0 Å². The number of amides is 1. The van der Waals surface area contributed by atoms with Gasteiger partial charge in [0.25, 0.3) is 5.91 Å². The van der Waals surface area contributed by atoms with Crippen molar-refractivity contribution in [1.82, 2.24) is 19.5 Å². The van der Waals surface area contributed by atoms with Gasteiger partial charge in [0, 0.05) is 12.0 Å². The fourth-order valence-corrected chi connectivity index (χ4v) is 6.88. The van der Waals surface area contributed by atoms with Crippen molar-refractivity contribution in [2.24, 2.45) is 0 Å². The van der Waals surface area contributed by atoms with Gasteiger partial charge < -0.3 is 29.4 Å². The Kier molecular flexibility index (Phi) is 9.59. The first-order valence-electron chi connectivity index (χ1n) is 16.0. The molecule has 2 N–H and O–H groups in total. The Morgan fingerprint density at radius 2 is 1.46 bits per heavy atom. The Hall–Kier alpha value is -5.14. The van der Waals surface area contributed by atoms with Crippen LogP contribution in [0.25, 0.3) is 11.2 Å². The summed E-state index contributed by atoms with van der Waals surface area (Å²) in [5.41, 5.74) is 2.84. The van der Waals surface area contributed by atoms with Gasteiger partial charge >= 0.3 is 0 Å². The highest BCUT2D eigenvalue weighted by molar-refractivity contribution is 9.10. The molecular formula is C38H34BrN5O6. The van der Waals surface area contributed by atoms with Gasteiger partial charge in [-0.2, -0.15) is 0 Å². The van der Waals surface area contributed by atoms with Crippen molar-refractivity contribution in [2.75, 3.05) is 26.1 Å². The van der Waals surface area contributed by atoms with Gasteiger partial charge in [0.15, 0.2) is 21.7 Å². The number of nitrogens with one attached hydrogen (secondary N) is 1. The lowest BCUT2D eigenvalue weighted by molar-refractivity contribution is -0.0934. The molecule has 3 atom stereocenters. The maximum atomic E-state index is 12.9. The fraction of sp³-hybridized carbons (Fsp3) is 0.211. The second-order valence-electron chi connectivity index (χ2n) is 11.7. The molecule has 12 heteroatoms. The molecule has 0 spiro atoms. The Labute approximate surface area is 297 Å². The van der Waals surface area contributed by atoms with Crippen LogP contribution in [0.2, 0.25) is 0 Å². The van der Waals surface area contributed by atoms with Gasteiger partial charge in [-0.1, -0.05) is 72.8 Å². The molecule has 254 valence electrons. The number of ether oxygens (including phenoxy) is 4. The molecule has 7 rings (SSSR count). The van der Waals surface area contributed by atoms with Crippen LogP contribution in [-0.2, 0) is 15.1 Å². The molecule has 0 aliphatic carbocycles. The van der Waals surface area contributed by atoms with E-state index in [1.54, 1.807) is 43.1 Å². The molecule has 3 heterocycles. The van der Waals surface area contributed by atoms with E-state index < -0.39 is 24.0 Å². The zero-order valence-electron chi connectivity index (χ0n) is 27.3. The molecule has 0 saturated carbocycles. The average molecular weight is 737 g/mol. The van der Waals surface area contributed by atoms with E-state index in [-0.39, 0.29) is 24.8 Å². The smallest absolute Gasteiger partial charge is 0.256 e. The molecule has 2 aromatic heterocycles. The number of hydrogen-bond acceptors (Lipinski definition) is 9. The van der Waals surface area contributed by atoms with Crippen molar-refractivity contribution in [3.63, 3.8) is 0 Å². The molecule has 6 aromatic rings. The lowest BCUT2D eigenvalue weighted by Crippen LogP contribution is -2.38. The fourth-order valence-electron chi connectivity index (χ4n) is 6.30. The van der Waals surface area contributed by atoms with E-state index in [2.05, 4.69) is 36.2 Å². The first-order valence-corrected chi connectivity index (χ1v) is 16.8. The molecule has 11 nitrogen and oxygen atoms in total. The summed E-state index contributed by atoms with van der Waals surface area (Å²) in [7, 11) is 3.26. The van der Waals surface area contributed by atoms with E-state index in [0.717, 1.165) is 16.7 Å². The maximum absolute atomic E-state index is 12.9. The van der Waals surface area contributed by atoms with Crippen LogP contribution < -0.4 is 14.8 Å². The summed E-state index contributed by atoms with van der Waals surface area (Å²) in [6, 6.07) is 34.3. The third-order valence-corrected chi connectivity index (χ3v) is 9.39. The van der Waals surface area contributed by atoms with Crippen LogP contribution in [-0.4, -0.2) is 63.6 Å². The standard InChI is InChI=1S/C38H34BrN5O6/c1-47-28-17-13-26(14-18-28)38(25-11-7-4-8-12-25,27-15-19-29(48-2)20-16-27)49-22-31-30(45)21-32(50-31)44-35-33(42-37(44)39)34(40-23-41-35)43-36(46)24-9-5-3-6-10-24/h3-20,23,30-32,45H,21-22H2,1-2H3,(H,40,41,43,46). The average Bonchev–Trinajstić information content (AvgIpc) is 3.71. The van der Waals surface area contributed by atoms with Crippen molar-refractivity contribution in [3.8, 4) is 11.5 Å². The molecule has 1 fully saturated rings. The van der Waals surface area contributed by atoms with Crippen LogP contribution in [0.3, 0.4) is 0 Å². The van der Waals surface area contributed by atoms with Gasteiger partial charge in [0.2, 0.25) is 0 Å². The van der Waals surface area contributed by atoms with Crippen LogP contribution in [0.1, 0.15) is 39.7 Å². The number of nitrogens with zero attached hydrogens (tertiary/aromatic N) is 4. The normalized spacial score (nSPS) is 17.5. The number of carbonyl (C=O) groups excluding carboxylic acids is 1. The van der Waals surface area contributed by atoms with Crippen molar-refractivity contribution < 1.29 is 28.8 Å². The number of imidazole rings is 1. The molecule has 4 aromatic carbocycles. The Balaban J connectivity index is 1.20. The van der Waals surface area contributed by atoms with Gasteiger partial charge in [-0.25, -0.2) is 15.0 Å². The molecular weight excluding hydrogens is 702 g/mol. The Morgan fingerprint density at radius 1 is 0.880 bits per heavy atom. The number of hydrogen-bond donors (Lipinski definition) is 2. The number of aliphatic hydroxyl groups is 1. The van der Waals surface area contributed by atoms with E-state index in [9.17, 15) is 9.90 Å². The lowest BCUT2D eigenvalue weighted by Gasteiger charge is -2.37. The number of methoxy groups -OCH3 is 2. The predicted molar refractivity (Wildman–Crippen MR) is 190 cm³/mol.